The second kappa shape index (κ2) is 7.36. The van der Waals surface area contributed by atoms with Gasteiger partial charge in [-0.25, -0.2) is 4.79 Å². The van der Waals surface area contributed by atoms with Gasteiger partial charge in [0, 0.05) is 24.5 Å². The van der Waals surface area contributed by atoms with Crippen LogP contribution in [0.3, 0.4) is 0 Å². The Kier molecular flexibility index (Phi) is 5.48. The summed E-state index contributed by atoms with van der Waals surface area (Å²) in [6.07, 6.45) is 2.07. The van der Waals surface area contributed by atoms with Crippen LogP contribution in [0.4, 0.5) is 4.79 Å². The molecule has 0 bridgehead atoms. The van der Waals surface area contributed by atoms with Crippen LogP contribution in [-0.2, 0) is 13.1 Å². The number of urea groups is 1. The Morgan fingerprint density at radius 2 is 1.83 bits per heavy atom. The number of aromatic nitrogens is 1. The van der Waals surface area contributed by atoms with Gasteiger partial charge in [0.2, 0.25) is 0 Å². The fraction of sp³-hybridized carbons (Fsp3) is 0.421. The number of hydrogen-bond donors (Lipinski definition) is 2. The first kappa shape index (κ1) is 17.1. The van der Waals surface area contributed by atoms with Gasteiger partial charge in [0.25, 0.3) is 0 Å². The second-order valence-electron chi connectivity index (χ2n) is 6.49. The maximum absolute atomic E-state index is 11.7. The molecule has 0 atom stereocenters. The normalized spacial score (nSPS) is 10.9. The first-order valence-electron chi connectivity index (χ1n) is 8.12. The third-order valence-electron chi connectivity index (χ3n) is 3.94. The van der Waals surface area contributed by atoms with Crippen molar-refractivity contribution in [2.24, 2.45) is 0 Å². The van der Waals surface area contributed by atoms with Crippen molar-refractivity contribution in [2.45, 2.75) is 53.8 Å². The van der Waals surface area contributed by atoms with E-state index in [1.165, 1.54) is 22.3 Å². The van der Waals surface area contributed by atoms with Gasteiger partial charge in [-0.3, -0.25) is 0 Å². The summed E-state index contributed by atoms with van der Waals surface area (Å²) in [4.78, 5) is 11.7. The monoisotopic (exact) mass is 313 g/mol. The third-order valence-corrected chi connectivity index (χ3v) is 3.94. The predicted molar refractivity (Wildman–Crippen MR) is 94.7 cm³/mol. The van der Waals surface area contributed by atoms with E-state index in [2.05, 4.69) is 60.4 Å². The summed E-state index contributed by atoms with van der Waals surface area (Å²) in [6, 6.07) is 8.53. The summed E-state index contributed by atoms with van der Waals surface area (Å²) in [7, 11) is 0. The summed E-state index contributed by atoms with van der Waals surface area (Å²) in [5, 5.41) is 5.75. The van der Waals surface area contributed by atoms with E-state index < -0.39 is 0 Å². The molecule has 0 aliphatic carbocycles. The molecule has 0 radical (unpaired) electrons. The molecule has 23 heavy (non-hydrogen) atoms. The van der Waals surface area contributed by atoms with Crippen LogP contribution in [0, 0.1) is 20.8 Å². The smallest absolute Gasteiger partial charge is 0.315 e. The molecule has 4 nitrogen and oxygen atoms in total. The van der Waals surface area contributed by atoms with Crippen LogP contribution < -0.4 is 10.6 Å². The quantitative estimate of drug-likeness (QED) is 0.869. The summed E-state index contributed by atoms with van der Waals surface area (Å²) in [6.45, 7) is 11.7. The topological polar surface area (TPSA) is 46.1 Å². The lowest BCUT2D eigenvalue weighted by Gasteiger charge is -2.16. The van der Waals surface area contributed by atoms with Gasteiger partial charge in [-0.15, -0.1) is 0 Å². The fourth-order valence-electron chi connectivity index (χ4n) is 2.88. The number of carbonyl (C=O) groups is 1. The minimum atomic E-state index is -0.129. The Bertz CT molecular complexity index is 663. The Morgan fingerprint density at radius 1 is 1.17 bits per heavy atom. The van der Waals surface area contributed by atoms with Gasteiger partial charge in [-0.05, 0) is 63.4 Å². The first-order valence-corrected chi connectivity index (χ1v) is 8.12. The van der Waals surface area contributed by atoms with Gasteiger partial charge in [0.05, 0.1) is 6.54 Å². The van der Waals surface area contributed by atoms with Gasteiger partial charge in [-0.1, -0.05) is 17.7 Å². The number of aryl methyl sites for hydroxylation is 3. The van der Waals surface area contributed by atoms with E-state index in [0.717, 1.165) is 12.2 Å². The molecule has 124 valence electrons. The van der Waals surface area contributed by atoms with E-state index in [0.29, 0.717) is 6.54 Å². The number of carbonyl (C=O) groups excluding carboxylic acids is 1. The molecule has 0 unspecified atom stereocenters. The molecular weight excluding hydrogens is 286 g/mol. The zero-order valence-corrected chi connectivity index (χ0v) is 14.7. The van der Waals surface area contributed by atoms with Crippen LogP contribution in [0.5, 0.6) is 0 Å². The standard InChI is InChI=1S/C19H27N3O/c1-13(2)21-19(23)20-11-17-7-6-8-22(17)12-18-15(4)9-14(3)10-16(18)5/h6-10,13H,11-12H2,1-5H3,(H2,20,21,23). The lowest BCUT2D eigenvalue weighted by molar-refractivity contribution is 0.238. The van der Waals surface area contributed by atoms with Gasteiger partial charge in [0.15, 0.2) is 0 Å². The molecule has 0 fully saturated rings. The summed E-state index contributed by atoms with van der Waals surface area (Å²) in [5.41, 5.74) is 6.37. The van der Waals surface area contributed by atoms with Gasteiger partial charge in [0.1, 0.15) is 0 Å². The van der Waals surface area contributed by atoms with Crippen molar-refractivity contribution in [3.05, 3.63) is 58.4 Å². The Labute approximate surface area is 138 Å². The van der Waals surface area contributed by atoms with Crippen molar-refractivity contribution in [1.29, 1.82) is 0 Å². The Balaban J connectivity index is 2.09. The molecule has 4 heteroatoms. The van der Waals surface area contributed by atoms with Crippen LogP contribution in [-0.4, -0.2) is 16.6 Å². The van der Waals surface area contributed by atoms with Gasteiger partial charge >= 0.3 is 6.03 Å². The van der Waals surface area contributed by atoms with Crippen LogP contribution >= 0.6 is 0 Å². The van der Waals surface area contributed by atoms with E-state index in [9.17, 15) is 4.79 Å². The molecule has 2 N–H and O–H groups in total. The van der Waals surface area contributed by atoms with Crippen molar-refractivity contribution in [2.75, 3.05) is 0 Å². The fourth-order valence-corrected chi connectivity index (χ4v) is 2.88. The first-order chi connectivity index (χ1) is 10.9. The second-order valence-corrected chi connectivity index (χ2v) is 6.49. The molecule has 1 heterocycles. The minimum Gasteiger partial charge on any atom is -0.345 e. The van der Waals surface area contributed by atoms with Crippen molar-refractivity contribution in [1.82, 2.24) is 15.2 Å². The molecule has 0 saturated heterocycles. The number of nitrogens with one attached hydrogen (secondary N) is 2. The van der Waals surface area contributed by atoms with Gasteiger partial charge in [-0.2, -0.15) is 0 Å². The van der Waals surface area contributed by atoms with Crippen molar-refractivity contribution < 1.29 is 4.79 Å². The number of amides is 2. The zero-order chi connectivity index (χ0) is 17.0. The van der Waals surface area contributed by atoms with E-state index in [4.69, 9.17) is 0 Å². The highest BCUT2D eigenvalue weighted by Crippen LogP contribution is 2.18. The molecule has 0 spiro atoms. The SMILES string of the molecule is Cc1cc(C)c(Cn2cccc2CNC(=O)NC(C)C)c(C)c1. The van der Waals surface area contributed by atoms with Crippen molar-refractivity contribution >= 4 is 6.03 Å². The molecule has 2 amide bonds. The van der Waals surface area contributed by atoms with Crippen LogP contribution in [0.25, 0.3) is 0 Å². The van der Waals surface area contributed by atoms with Crippen molar-refractivity contribution in [3.63, 3.8) is 0 Å². The molecular formula is C19H27N3O. The molecule has 1 aromatic heterocycles. The van der Waals surface area contributed by atoms with E-state index in [1.807, 2.05) is 19.9 Å². The van der Waals surface area contributed by atoms with Gasteiger partial charge < -0.3 is 15.2 Å². The maximum Gasteiger partial charge on any atom is 0.315 e. The minimum absolute atomic E-state index is 0.129. The Hall–Kier alpha value is -2.23. The summed E-state index contributed by atoms with van der Waals surface area (Å²) in [5.74, 6) is 0. The van der Waals surface area contributed by atoms with Crippen LogP contribution in [0.1, 0.15) is 41.8 Å². The van der Waals surface area contributed by atoms with E-state index in [-0.39, 0.29) is 12.1 Å². The highest BCUT2D eigenvalue weighted by atomic mass is 16.2. The molecule has 2 aromatic rings. The third kappa shape index (κ3) is 4.62. The average Bonchev–Trinajstić information content (AvgIpc) is 2.87. The molecule has 0 saturated carbocycles. The summed E-state index contributed by atoms with van der Waals surface area (Å²) >= 11 is 0. The Morgan fingerprint density at radius 3 is 2.43 bits per heavy atom. The van der Waals surface area contributed by atoms with Crippen molar-refractivity contribution in [3.8, 4) is 0 Å². The summed E-state index contributed by atoms with van der Waals surface area (Å²) < 4.78 is 2.19. The lowest BCUT2D eigenvalue weighted by atomic mass is 10.00. The predicted octanol–water partition coefficient (Wildman–Crippen LogP) is 3.67. The maximum atomic E-state index is 11.7. The molecule has 2 rings (SSSR count). The van der Waals surface area contributed by atoms with E-state index in [1.54, 1.807) is 0 Å². The highest BCUT2D eigenvalue weighted by molar-refractivity contribution is 5.74. The number of nitrogens with zero attached hydrogens (tertiary/aromatic N) is 1. The lowest BCUT2D eigenvalue weighted by Crippen LogP contribution is -2.39. The van der Waals surface area contributed by atoms with Crippen LogP contribution in [0.15, 0.2) is 30.5 Å². The average molecular weight is 313 g/mol. The van der Waals surface area contributed by atoms with E-state index >= 15 is 0 Å². The number of benzene rings is 1. The highest BCUT2D eigenvalue weighted by Gasteiger charge is 2.09. The van der Waals surface area contributed by atoms with Crippen LogP contribution in [0.2, 0.25) is 0 Å². The molecule has 1 aromatic carbocycles. The number of hydrogen-bond acceptors (Lipinski definition) is 1. The molecule has 0 aliphatic rings. The number of rotatable bonds is 5. The molecule has 0 aliphatic heterocycles. The largest absolute Gasteiger partial charge is 0.345 e. The zero-order valence-electron chi connectivity index (χ0n) is 14.7.